The lowest BCUT2D eigenvalue weighted by molar-refractivity contribution is 0.394. The van der Waals surface area contributed by atoms with Gasteiger partial charge in [-0.3, -0.25) is 0 Å². The van der Waals surface area contributed by atoms with Crippen molar-refractivity contribution < 1.29 is 4.74 Å². The second-order valence-corrected chi connectivity index (χ2v) is 3.39. The lowest BCUT2D eigenvalue weighted by atomic mass is 10.2. The highest BCUT2D eigenvalue weighted by Gasteiger charge is 2.13. The molecule has 0 N–H and O–H groups in total. The van der Waals surface area contributed by atoms with E-state index >= 15 is 0 Å². The Morgan fingerprint density at radius 3 is 2.86 bits per heavy atom. The summed E-state index contributed by atoms with van der Waals surface area (Å²) < 4.78 is 5.00. The monoisotopic (exact) mass is 255 g/mol. The predicted molar refractivity (Wildman–Crippen MR) is 55.5 cm³/mol. The maximum atomic E-state index is 8.83. The number of nitrogens with zero attached hydrogens (tertiary/aromatic N) is 3. The molecule has 5 heteroatoms. The molecule has 0 bridgehead atoms. The van der Waals surface area contributed by atoms with Gasteiger partial charge in [0.2, 0.25) is 5.88 Å². The maximum Gasteiger partial charge on any atom is 0.216 e. The van der Waals surface area contributed by atoms with Crippen LogP contribution in [0.25, 0.3) is 0 Å². The normalized spacial score (nSPS) is 11.9. The number of rotatable bonds is 3. The number of hydrogen-bond donors (Lipinski definition) is 0. The molecule has 0 aliphatic carbocycles. The Balaban J connectivity index is 3.09. The van der Waals surface area contributed by atoms with Gasteiger partial charge in [-0.25, -0.2) is 4.98 Å². The van der Waals surface area contributed by atoms with E-state index < -0.39 is 0 Å². The average Bonchev–Trinajstić information content (AvgIpc) is 2.19. The van der Waals surface area contributed by atoms with E-state index in [0.29, 0.717) is 17.0 Å². The summed E-state index contributed by atoms with van der Waals surface area (Å²) in [6, 6.07) is 3.85. The number of alkyl halides is 1. The molecule has 0 spiro atoms. The Hall–Kier alpha value is -1.15. The van der Waals surface area contributed by atoms with Crippen LogP contribution in [0.4, 0.5) is 0 Å². The first-order valence-electron chi connectivity index (χ1n) is 4.06. The minimum Gasteiger partial charge on any atom is -0.481 e. The van der Waals surface area contributed by atoms with Crippen LogP contribution in [-0.4, -0.2) is 22.4 Å². The molecule has 0 saturated carbocycles. The van der Waals surface area contributed by atoms with Crippen molar-refractivity contribution in [3.63, 3.8) is 0 Å². The van der Waals surface area contributed by atoms with E-state index in [1.807, 2.05) is 6.92 Å². The van der Waals surface area contributed by atoms with Gasteiger partial charge in [0.25, 0.3) is 0 Å². The van der Waals surface area contributed by atoms with Crippen LogP contribution in [-0.2, 0) is 0 Å². The van der Waals surface area contributed by atoms with Gasteiger partial charge in [-0.2, -0.15) is 10.2 Å². The summed E-state index contributed by atoms with van der Waals surface area (Å²) in [5, 5.41) is 9.36. The molecule has 4 nitrogen and oxygen atoms in total. The van der Waals surface area contributed by atoms with Crippen LogP contribution < -0.4 is 4.74 Å². The first kappa shape index (κ1) is 10.9. The molecule has 1 heterocycles. The van der Waals surface area contributed by atoms with Gasteiger partial charge >= 0.3 is 0 Å². The van der Waals surface area contributed by atoms with E-state index in [4.69, 9.17) is 10.00 Å². The maximum absolute atomic E-state index is 8.83. The Kier molecular flexibility index (Phi) is 3.84. The molecule has 0 aliphatic heterocycles. The Labute approximate surface area is 91.1 Å². The van der Waals surface area contributed by atoms with Crippen molar-refractivity contribution >= 4 is 15.9 Å². The summed E-state index contributed by atoms with van der Waals surface area (Å²) in [5.41, 5.74) is 0.799. The molecular formula is C9H10BrN3O. The fourth-order valence-corrected chi connectivity index (χ4v) is 1.42. The predicted octanol–water partition coefficient (Wildman–Crippen LogP) is 1.80. The summed E-state index contributed by atoms with van der Waals surface area (Å²) in [5.74, 6) is 0.665. The third-order valence-corrected chi connectivity index (χ3v) is 2.33. The van der Waals surface area contributed by atoms with Crippen LogP contribution in [0.15, 0.2) is 6.07 Å². The summed E-state index contributed by atoms with van der Waals surface area (Å²) in [6.07, 6.45) is 0. The highest BCUT2D eigenvalue weighted by atomic mass is 79.9. The molecule has 1 aromatic heterocycles. The molecule has 0 amide bonds. The van der Waals surface area contributed by atoms with E-state index in [9.17, 15) is 0 Å². The van der Waals surface area contributed by atoms with Crippen LogP contribution in [0.1, 0.15) is 17.4 Å². The first-order chi connectivity index (χ1) is 6.71. The van der Waals surface area contributed by atoms with Crippen LogP contribution in [0.5, 0.6) is 5.88 Å². The van der Waals surface area contributed by atoms with Gasteiger partial charge in [0, 0.05) is 17.1 Å². The van der Waals surface area contributed by atoms with Crippen LogP contribution in [0.3, 0.4) is 0 Å². The number of aryl methyl sites for hydroxylation is 1. The fourth-order valence-electron chi connectivity index (χ4n) is 0.983. The fraction of sp³-hybridized carbons (Fsp3) is 0.444. The van der Waals surface area contributed by atoms with Crippen molar-refractivity contribution in [1.82, 2.24) is 9.97 Å². The largest absolute Gasteiger partial charge is 0.481 e. The number of nitriles is 1. The van der Waals surface area contributed by atoms with Gasteiger partial charge in [0.05, 0.1) is 13.2 Å². The van der Waals surface area contributed by atoms with Crippen molar-refractivity contribution in [3.8, 4) is 11.9 Å². The van der Waals surface area contributed by atoms with Gasteiger partial charge in [-0.15, -0.1) is 0 Å². The molecule has 74 valence electrons. The van der Waals surface area contributed by atoms with Crippen molar-refractivity contribution in [1.29, 1.82) is 5.26 Å². The van der Waals surface area contributed by atoms with Gasteiger partial charge in [-0.1, -0.05) is 15.9 Å². The van der Waals surface area contributed by atoms with Crippen LogP contribution in [0.2, 0.25) is 0 Å². The van der Waals surface area contributed by atoms with E-state index in [1.165, 1.54) is 0 Å². The molecule has 0 radical (unpaired) electrons. The minimum atomic E-state index is -0.330. The smallest absolute Gasteiger partial charge is 0.216 e. The summed E-state index contributed by atoms with van der Waals surface area (Å²) in [4.78, 5) is 8.29. The molecule has 0 saturated heterocycles. The summed E-state index contributed by atoms with van der Waals surface area (Å²) >= 11 is 3.24. The number of methoxy groups -OCH3 is 1. The van der Waals surface area contributed by atoms with Crippen LogP contribution >= 0.6 is 15.9 Å². The zero-order valence-corrected chi connectivity index (χ0v) is 9.58. The second kappa shape index (κ2) is 4.91. The Morgan fingerprint density at radius 1 is 1.64 bits per heavy atom. The third kappa shape index (κ3) is 2.42. The molecule has 1 atom stereocenters. The quantitative estimate of drug-likeness (QED) is 0.773. The highest BCUT2D eigenvalue weighted by molar-refractivity contribution is 9.09. The Morgan fingerprint density at radius 2 is 2.36 bits per heavy atom. The molecule has 14 heavy (non-hydrogen) atoms. The van der Waals surface area contributed by atoms with E-state index in [0.717, 1.165) is 5.69 Å². The van der Waals surface area contributed by atoms with Crippen molar-refractivity contribution in [2.45, 2.75) is 12.8 Å². The van der Waals surface area contributed by atoms with E-state index in [1.54, 1.807) is 13.2 Å². The number of hydrogen-bond acceptors (Lipinski definition) is 4. The molecule has 0 aromatic carbocycles. The zero-order chi connectivity index (χ0) is 10.6. The molecule has 0 aliphatic rings. The van der Waals surface area contributed by atoms with E-state index in [2.05, 4.69) is 32.0 Å². The number of ether oxygens (including phenoxy) is 1. The lowest BCUT2D eigenvalue weighted by Crippen LogP contribution is -2.06. The molecular weight excluding hydrogens is 246 g/mol. The SMILES string of the molecule is COc1cc(C)nc(C(C#N)CBr)n1. The van der Waals surface area contributed by atoms with Gasteiger partial charge in [0.1, 0.15) is 5.92 Å². The minimum absolute atomic E-state index is 0.330. The van der Waals surface area contributed by atoms with Crippen LogP contribution in [0, 0.1) is 18.3 Å². The third-order valence-electron chi connectivity index (χ3n) is 1.68. The standard InChI is InChI=1S/C9H10BrN3O/c1-6-3-8(14-2)13-9(12-6)7(4-10)5-11/h3,7H,4H2,1-2H3. The highest BCUT2D eigenvalue weighted by Crippen LogP contribution is 2.17. The first-order valence-corrected chi connectivity index (χ1v) is 5.18. The number of aromatic nitrogens is 2. The second-order valence-electron chi connectivity index (χ2n) is 2.75. The van der Waals surface area contributed by atoms with Gasteiger partial charge in [-0.05, 0) is 6.92 Å². The van der Waals surface area contributed by atoms with Crippen molar-refractivity contribution in [3.05, 3.63) is 17.6 Å². The number of halogens is 1. The molecule has 1 aromatic rings. The Bertz CT molecular complexity index is 362. The van der Waals surface area contributed by atoms with Gasteiger partial charge < -0.3 is 4.74 Å². The molecule has 0 fully saturated rings. The molecule has 1 unspecified atom stereocenters. The van der Waals surface area contributed by atoms with Crippen molar-refractivity contribution in [2.24, 2.45) is 0 Å². The topological polar surface area (TPSA) is 58.8 Å². The summed E-state index contributed by atoms with van der Waals surface area (Å²) in [6.45, 7) is 1.84. The molecule has 1 rings (SSSR count). The zero-order valence-electron chi connectivity index (χ0n) is 7.99. The van der Waals surface area contributed by atoms with E-state index in [-0.39, 0.29) is 5.92 Å². The van der Waals surface area contributed by atoms with Gasteiger partial charge in [0.15, 0.2) is 5.82 Å². The summed E-state index contributed by atoms with van der Waals surface area (Å²) in [7, 11) is 1.54. The lowest BCUT2D eigenvalue weighted by Gasteiger charge is -2.06. The average molecular weight is 256 g/mol. The van der Waals surface area contributed by atoms with Crippen molar-refractivity contribution in [2.75, 3.05) is 12.4 Å².